The van der Waals surface area contributed by atoms with Crippen molar-refractivity contribution >= 4 is 0 Å². The molecule has 2 fully saturated rings. The second-order valence-electron chi connectivity index (χ2n) is 6.28. The highest BCUT2D eigenvalue weighted by Gasteiger charge is 2.53. The first-order valence-corrected chi connectivity index (χ1v) is 7.18. The lowest BCUT2D eigenvalue weighted by Gasteiger charge is -2.59. The quantitative estimate of drug-likeness (QED) is 0.714. The summed E-state index contributed by atoms with van der Waals surface area (Å²) in [6, 6.07) is 9.88. The summed E-state index contributed by atoms with van der Waals surface area (Å²) in [6.07, 6.45) is 7.05. The van der Waals surface area contributed by atoms with E-state index in [9.17, 15) is 0 Å². The van der Waals surface area contributed by atoms with E-state index in [4.69, 9.17) is 0 Å². The molecule has 1 saturated carbocycles. The second kappa shape index (κ2) is 3.35. The molecular formula is C16H21N. The van der Waals surface area contributed by atoms with Crippen LogP contribution in [0.1, 0.15) is 56.1 Å². The molecule has 2 heterocycles. The summed E-state index contributed by atoms with van der Waals surface area (Å²) in [5.74, 6) is 1.66. The third kappa shape index (κ3) is 1.18. The van der Waals surface area contributed by atoms with Crippen LogP contribution in [-0.2, 0) is 5.54 Å². The van der Waals surface area contributed by atoms with Crippen LogP contribution in [0, 0.1) is 5.92 Å². The van der Waals surface area contributed by atoms with E-state index in [-0.39, 0.29) is 0 Å². The second-order valence-corrected chi connectivity index (χ2v) is 6.28. The summed E-state index contributed by atoms with van der Waals surface area (Å²) in [5.41, 5.74) is 3.62. The maximum absolute atomic E-state index is 3.99. The monoisotopic (exact) mass is 227 g/mol. The van der Waals surface area contributed by atoms with Gasteiger partial charge in [0.1, 0.15) is 0 Å². The Balaban J connectivity index is 1.93. The normalized spacial score (nSPS) is 43.0. The number of nitrogens with one attached hydrogen (secondary N) is 1. The Bertz CT molecular complexity index is 453. The predicted molar refractivity (Wildman–Crippen MR) is 70.0 cm³/mol. The maximum Gasteiger partial charge on any atom is 0.0468 e. The number of piperidine rings is 1. The Kier molecular flexibility index (Phi) is 2.00. The first kappa shape index (κ1) is 10.1. The fourth-order valence-corrected chi connectivity index (χ4v) is 4.83. The van der Waals surface area contributed by atoms with Gasteiger partial charge < -0.3 is 5.32 Å². The lowest BCUT2D eigenvalue weighted by Crippen LogP contribution is -2.63. The molecule has 1 nitrogen and oxygen atoms in total. The Morgan fingerprint density at radius 3 is 3.06 bits per heavy atom. The predicted octanol–water partition coefficient (Wildman–Crippen LogP) is 3.55. The standard InChI is InChI=1S/C16H21N/c1-11-14-10-12-6-4-5-9-16(12,17-11)15-8-3-2-7-13(14)15/h2-3,7-8,11-12,14,17H,4-6,9-10H2,1H3/t11?,12-,14-,16-/m0/s1. The summed E-state index contributed by atoms with van der Waals surface area (Å²) in [4.78, 5) is 0. The van der Waals surface area contributed by atoms with Gasteiger partial charge in [0.2, 0.25) is 0 Å². The minimum atomic E-state index is 0.336. The number of hydrogen-bond donors (Lipinski definition) is 1. The van der Waals surface area contributed by atoms with Gasteiger partial charge in [-0.2, -0.15) is 0 Å². The summed E-state index contributed by atoms with van der Waals surface area (Å²) < 4.78 is 0. The lowest BCUT2D eigenvalue weighted by atomic mass is 9.55. The highest BCUT2D eigenvalue weighted by atomic mass is 15.1. The Labute approximate surface area is 104 Å². The fraction of sp³-hybridized carbons (Fsp3) is 0.625. The number of hydrogen-bond acceptors (Lipinski definition) is 1. The van der Waals surface area contributed by atoms with E-state index < -0.39 is 0 Å². The first-order chi connectivity index (χ1) is 8.31. The lowest BCUT2D eigenvalue weighted by molar-refractivity contribution is 0.0444. The molecule has 2 aliphatic carbocycles. The highest BCUT2D eigenvalue weighted by molar-refractivity contribution is 5.44. The molecule has 2 aliphatic heterocycles. The number of fused-ring (bicyclic) bond motifs is 1. The number of benzene rings is 1. The van der Waals surface area contributed by atoms with Gasteiger partial charge in [0.05, 0.1) is 0 Å². The molecule has 90 valence electrons. The van der Waals surface area contributed by atoms with Crippen LogP contribution in [0.15, 0.2) is 24.3 Å². The van der Waals surface area contributed by atoms with E-state index >= 15 is 0 Å². The summed E-state index contributed by atoms with van der Waals surface area (Å²) in [6.45, 7) is 2.38. The van der Waals surface area contributed by atoms with Crippen LogP contribution in [0.25, 0.3) is 0 Å². The van der Waals surface area contributed by atoms with Crippen LogP contribution in [0.5, 0.6) is 0 Å². The van der Waals surface area contributed by atoms with Gasteiger partial charge in [-0.1, -0.05) is 37.1 Å². The van der Waals surface area contributed by atoms with E-state index in [2.05, 4.69) is 36.5 Å². The van der Waals surface area contributed by atoms with Gasteiger partial charge in [-0.05, 0) is 49.1 Å². The Morgan fingerprint density at radius 1 is 1.24 bits per heavy atom. The molecule has 0 aromatic heterocycles. The molecule has 1 aromatic rings. The minimum absolute atomic E-state index is 0.336. The van der Waals surface area contributed by atoms with Crippen molar-refractivity contribution < 1.29 is 0 Å². The van der Waals surface area contributed by atoms with Crippen molar-refractivity contribution in [1.82, 2.24) is 5.32 Å². The highest BCUT2D eigenvalue weighted by Crippen LogP contribution is 2.56. The van der Waals surface area contributed by atoms with Gasteiger partial charge >= 0.3 is 0 Å². The molecule has 0 radical (unpaired) electrons. The van der Waals surface area contributed by atoms with Crippen molar-refractivity contribution in [3.63, 3.8) is 0 Å². The molecule has 1 spiro atoms. The largest absolute Gasteiger partial charge is 0.304 e. The zero-order valence-electron chi connectivity index (χ0n) is 10.6. The fourth-order valence-electron chi connectivity index (χ4n) is 4.83. The first-order valence-electron chi connectivity index (χ1n) is 7.18. The molecule has 1 heteroatoms. The molecule has 1 unspecified atom stereocenters. The van der Waals surface area contributed by atoms with Gasteiger partial charge in [0, 0.05) is 11.6 Å². The van der Waals surface area contributed by atoms with Crippen molar-refractivity contribution in [3.05, 3.63) is 35.4 Å². The molecule has 2 bridgehead atoms. The molecule has 1 saturated heterocycles. The van der Waals surface area contributed by atoms with Crippen LogP contribution in [0.4, 0.5) is 0 Å². The molecule has 4 atom stereocenters. The van der Waals surface area contributed by atoms with E-state index in [0.717, 1.165) is 11.8 Å². The van der Waals surface area contributed by atoms with Gasteiger partial charge in [-0.25, -0.2) is 0 Å². The van der Waals surface area contributed by atoms with Crippen LogP contribution >= 0.6 is 0 Å². The zero-order chi connectivity index (χ0) is 11.5. The molecule has 1 N–H and O–H groups in total. The van der Waals surface area contributed by atoms with Gasteiger partial charge in [-0.3, -0.25) is 0 Å². The van der Waals surface area contributed by atoms with Crippen LogP contribution in [-0.4, -0.2) is 6.04 Å². The van der Waals surface area contributed by atoms with Crippen molar-refractivity contribution in [1.29, 1.82) is 0 Å². The van der Waals surface area contributed by atoms with E-state index in [0.29, 0.717) is 11.6 Å². The Hall–Kier alpha value is -0.820. The van der Waals surface area contributed by atoms with Crippen LogP contribution in [0.3, 0.4) is 0 Å². The van der Waals surface area contributed by atoms with Crippen LogP contribution < -0.4 is 5.32 Å². The van der Waals surface area contributed by atoms with Crippen molar-refractivity contribution in [3.8, 4) is 0 Å². The maximum atomic E-state index is 3.99. The van der Waals surface area contributed by atoms with Crippen LogP contribution in [0.2, 0.25) is 0 Å². The summed E-state index contributed by atoms with van der Waals surface area (Å²) >= 11 is 0. The average Bonchev–Trinajstić information content (AvgIpc) is 2.38. The van der Waals surface area contributed by atoms with Crippen molar-refractivity contribution in [2.24, 2.45) is 5.92 Å². The van der Waals surface area contributed by atoms with E-state index in [1.54, 1.807) is 11.1 Å². The third-order valence-corrected chi connectivity index (χ3v) is 5.54. The topological polar surface area (TPSA) is 12.0 Å². The average molecular weight is 227 g/mol. The molecule has 4 aliphatic rings. The van der Waals surface area contributed by atoms with Crippen molar-refractivity contribution in [2.45, 2.75) is 56.5 Å². The summed E-state index contributed by atoms with van der Waals surface area (Å²) in [5, 5.41) is 3.99. The third-order valence-electron chi connectivity index (χ3n) is 5.54. The molecule has 5 rings (SSSR count). The van der Waals surface area contributed by atoms with E-state index in [1.165, 1.54) is 32.1 Å². The SMILES string of the molecule is CC1N[C@@]23CCCC[C@H]2C[C@@H]1c1ccccc13. The number of rotatable bonds is 0. The van der Waals surface area contributed by atoms with E-state index in [1.807, 2.05) is 0 Å². The molecule has 0 amide bonds. The minimum Gasteiger partial charge on any atom is -0.304 e. The Morgan fingerprint density at radius 2 is 2.12 bits per heavy atom. The summed E-state index contributed by atoms with van der Waals surface area (Å²) in [7, 11) is 0. The smallest absolute Gasteiger partial charge is 0.0468 e. The van der Waals surface area contributed by atoms with Gasteiger partial charge in [0.15, 0.2) is 0 Å². The van der Waals surface area contributed by atoms with Crippen molar-refractivity contribution in [2.75, 3.05) is 0 Å². The van der Waals surface area contributed by atoms with Gasteiger partial charge in [0.25, 0.3) is 0 Å². The molecule has 17 heavy (non-hydrogen) atoms. The van der Waals surface area contributed by atoms with Gasteiger partial charge in [-0.15, -0.1) is 0 Å². The zero-order valence-corrected chi connectivity index (χ0v) is 10.6. The molecular weight excluding hydrogens is 206 g/mol. The molecule has 1 aromatic carbocycles.